The maximum atomic E-state index is 9.07. The minimum atomic E-state index is -0.470. The van der Waals surface area contributed by atoms with Crippen molar-refractivity contribution in [3.05, 3.63) is 60.2 Å². The van der Waals surface area contributed by atoms with Crippen LogP contribution in [0.15, 0.2) is 54.6 Å². The molecule has 3 N–H and O–H groups in total. The van der Waals surface area contributed by atoms with Crippen LogP contribution < -0.4 is 5.73 Å². The summed E-state index contributed by atoms with van der Waals surface area (Å²) < 4.78 is 0. The zero-order chi connectivity index (χ0) is 11.1. The Labute approximate surface area is 107 Å². The minimum Gasteiger partial charge on any atom is -0.748 e. The molecule has 2 unspecified atom stereocenters. The van der Waals surface area contributed by atoms with Crippen molar-refractivity contribution in [1.82, 2.24) is 0 Å². The van der Waals surface area contributed by atoms with Gasteiger partial charge in [-0.15, -0.1) is 5.56 Å². The summed E-state index contributed by atoms with van der Waals surface area (Å²) in [5.41, 5.74) is 6.63. The average Bonchev–Trinajstić information content (AvgIpc) is 2.92. The van der Waals surface area contributed by atoms with Crippen LogP contribution in [-0.4, -0.2) is 11.2 Å². The molecule has 0 aliphatic rings. The molecule has 0 radical (unpaired) electrons. The summed E-state index contributed by atoms with van der Waals surface area (Å²) in [5.74, 6) is 0. The molecule has 0 aliphatic heterocycles. The van der Waals surface area contributed by atoms with E-state index in [9.17, 15) is 0 Å². The first-order valence-electron chi connectivity index (χ1n) is 5.03. The number of hydrogen-bond acceptors (Lipinski definition) is 2. The van der Waals surface area contributed by atoms with Crippen molar-refractivity contribution in [3.63, 3.8) is 0 Å². The monoisotopic (exact) mass is 259 g/mol. The van der Waals surface area contributed by atoms with E-state index in [4.69, 9.17) is 10.8 Å². The second-order valence-corrected chi connectivity index (χ2v) is 3.45. The molecule has 0 heterocycles. The Morgan fingerprint density at radius 1 is 1.06 bits per heavy atom. The Balaban J connectivity index is 0.000000318. The number of hydrogen-bond donors (Lipinski definition) is 2. The minimum absolute atomic E-state index is 0. The third-order valence-electron chi connectivity index (χ3n) is 2.15. The van der Waals surface area contributed by atoms with Crippen LogP contribution in [0.25, 0.3) is 0 Å². The largest absolute Gasteiger partial charge is 0.748 e. The third-order valence-corrected chi connectivity index (χ3v) is 2.15. The number of aliphatic hydroxyl groups excluding tert-OH is 1. The summed E-state index contributed by atoms with van der Waals surface area (Å²) in [7, 11) is 0. The quantitative estimate of drug-likeness (QED) is 0.641. The van der Waals surface area contributed by atoms with Gasteiger partial charge in [0.15, 0.2) is 0 Å². The molecule has 0 saturated carbocycles. The molecule has 2 aromatic carbocycles. The van der Waals surface area contributed by atoms with E-state index in [-0.39, 0.29) is 23.1 Å². The van der Waals surface area contributed by atoms with E-state index in [2.05, 4.69) is 0 Å². The predicted molar refractivity (Wildman–Crippen MR) is 62.7 cm³/mol. The summed E-state index contributed by atoms with van der Waals surface area (Å²) in [5, 5.41) is 9.07. The molecule has 0 saturated heterocycles. The smallest absolute Gasteiger partial charge is 0.0597 e. The molecule has 94 valence electrons. The normalized spacial score (nSPS) is 12.9. The molecule has 0 aliphatic carbocycles. The van der Waals surface area contributed by atoms with Gasteiger partial charge < -0.3 is 41.2 Å². The van der Waals surface area contributed by atoms with Gasteiger partial charge in [0.05, 0.1) is 6.10 Å². The van der Waals surface area contributed by atoms with Crippen molar-refractivity contribution >= 4 is 0 Å². The van der Waals surface area contributed by atoms with Crippen LogP contribution in [-0.2, 0) is 17.1 Å². The van der Waals surface area contributed by atoms with Gasteiger partial charge in [-0.25, -0.2) is 12.1 Å². The van der Waals surface area contributed by atoms with E-state index in [1.807, 2.05) is 54.6 Å². The molecule has 0 aromatic heterocycles. The van der Waals surface area contributed by atoms with E-state index < -0.39 is 6.10 Å². The van der Waals surface area contributed by atoms with E-state index in [1.165, 1.54) is 0 Å². The van der Waals surface area contributed by atoms with Crippen LogP contribution in [0.2, 0.25) is 0 Å². The van der Waals surface area contributed by atoms with Crippen LogP contribution in [0, 0.1) is 0 Å². The molecule has 2 rings (SSSR count). The summed E-state index contributed by atoms with van der Waals surface area (Å²) >= 11 is 0. The summed E-state index contributed by atoms with van der Waals surface area (Å²) in [4.78, 5) is 0. The van der Waals surface area contributed by atoms with Crippen molar-refractivity contribution in [2.45, 2.75) is 19.1 Å². The van der Waals surface area contributed by atoms with Crippen molar-refractivity contribution in [3.8, 4) is 0 Å². The van der Waals surface area contributed by atoms with Gasteiger partial charge in [0, 0.05) is 23.1 Å². The van der Waals surface area contributed by atoms with Crippen molar-refractivity contribution in [2.24, 2.45) is 5.73 Å². The summed E-state index contributed by atoms with van der Waals surface area (Å²) in [6.45, 7) is 1.69. The Morgan fingerprint density at radius 3 is 1.75 bits per heavy atom. The van der Waals surface area contributed by atoms with E-state index in [1.54, 1.807) is 6.92 Å². The Bertz CT molecular complexity index is 309. The third kappa shape index (κ3) is 5.29. The van der Waals surface area contributed by atoms with Crippen LogP contribution in [0.3, 0.4) is 0 Å². The van der Waals surface area contributed by atoms with Gasteiger partial charge in [0.1, 0.15) is 0 Å². The van der Waals surface area contributed by atoms with Gasteiger partial charge in [0.25, 0.3) is 0 Å². The Hall–Kier alpha value is -0.861. The van der Waals surface area contributed by atoms with Gasteiger partial charge in [-0.2, -0.15) is 12.1 Å². The first kappa shape index (κ1) is 15.1. The van der Waals surface area contributed by atoms with Crippen LogP contribution in [0.5, 0.6) is 0 Å². The molecule has 3 heteroatoms. The number of nitrogens with two attached hydrogens (primary N) is 1. The van der Waals surface area contributed by atoms with Crippen LogP contribution >= 0.6 is 0 Å². The van der Waals surface area contributed by atoms with Crippen LogP contribution in [0.4, 0.5) is 0 Å². The van der Waals surface area contributed by atoms with Crippen molar-refractivity contribution < 1.29 is 22.2 Å². The SMILES string of the molecule is CC(O)C(N)[c-]1cccc1.[Fe].[cH-]1[cH-][cH-][cH-][cH-]1. The zero-order valence-electron chi connectivity index (χ0n) is 9.23. The molecule has 16 heavy (non-hydrogen) atoms. The number of aliphatic hydroxyl groups is 1. The average molecular weight is 259 g/mol. The first-order valence-corrected chi connectivity index (χ1v) is 5.03. The maximum Gasteiger partial charge on any atom is 0.0597 e. The second-order valence-electron chi connectivity index (χ2n) is 3.45. The molecular formula is C13H17FeNO-6. The fraction of sp³-hybridized carbons (Fsp3) is 0.231. The first-order chi connectivity index (χ1) is 7.22. The van der Waals surface area contributed by atoms with Gasteiger partial charge in [-0.1, -0.05) is 0 Å². The standard InChI is InChI=1S/C8H12NO.C5H5.Fe/c1-6(10)8(9)7-4-2-3-5-7;1-2-4-5-3-1;/h2-6,8,10H,9H2,1H3;1-5H;/q-1;-5;. The zero-order valence-corrected chi connectivity index (χ0v) is 10.3. The van der Waals surface area contributed by atoms with Crippen LogP contribution in [0.1, 0.15) is 18.5 Å². The predicted octanol–water partition coefficient (Wildman–Crippen LogP) is 2.19. The number of rotatable bonds is 2. The van der Waals surface area contributed by atoms with Gasteiger partial charge in [-0.3, -0.25) is 0 Å². The van der Waals surface area contributed by atoms with E-state index >= 15 is 0 Å². The summed E-state index contributed by atoms with van der Waals surface area (Å²) in [6, 6.07) is 17.4. The Kier molecular flexibility index (Phi) is 7.86. The van der Waals surface area contributed by atoms with Crippen molar-refractivity contribution in [1.29, 1.82) is 0 Å². The second kappa shape index (κ2) is 8.31. The maximum absolute atomic E-state index is 9.07. The molecular weight excluding hydrogens is 242 g/mol. The fourth-order valence-corrected chi connectivity index (χ4v) is 1.21. The fourth-order valence-electron chi connectivity index (χ4n) is 1.21. The van der Waals surface area contributed by atoms with Gasteiger partial charge >= 0.3 is 0 Å². The summed E-state index contributed by atoms with van der Waals surface area (Å²) in [6.07, 6.45) is -0.470. The molecule has 0 fully saturated rings. The molecule has 2 atom stereocenters. The topological polar surface area (TPSA) is 46.2 Å². The van der Waals surface area contributed by atoms with E-state index in [0.717, 1.165) is 5.56 Å². The molecule has 0 amide bonds. The molecule has 0 spiro atoms. The molecule has 0 bridgehead atoms. The van der Waals surface area contributed by atoms with E-state index in [0.29, 0.717) is 0 Å². The molecule has 2 aromatic rings. The molecule has 2 nitrogen and oxygen atoms in total. The van der Waals surface area contributed by atoms with Crippen molar-refractivity contribution in [2.75, 3.05) is 0 Å². The van der Waals surface area contributed by atoms with Gasteiger partial charge in [-0.05, 0) is 6.92 Å². The van der Waals surface area contributed by atoms with Gasteiger partial charge in [0.2, 0.25) is 0 Å². The Morgan fingerprint density at radius 2 is 1.44 bits per heavy atom.